The van der Waals surface area contributed by atoms with E-state index >= 15 is 0 Å². The summed E-state index contributed by atoms with van der Waals surface area (Å²) in [6.07, 6.45) is 0. The molecule has 0 saturated heterocycles. The molecule has 0 aliphatic rings. The van der Waals surface area contributed by atoms with Gasteiger partial charge < -0.3 is 13.4 Å². The van der Waals surface area contributed by atoms with Crippen LogP contribution >= 0.6 is 0 Å². The van der Waals surface area contributed by atoms with Crippen LogP contribution in [0.3, 0.4) is 0 Å². The highest BCUT2D eigenvalue weighted by Gasteiger charge is 2.25. The second-order valence-corrected chi connectivity index (χ2v) is 14.4. The van der Waals surface area contributed by atoms with Gasteiger partial charge in [-0.2, -0.15) is 0 Å². The Labute approximate surface area is 315 Å². The van der Waals surface area contributed by atoms with E-state index in [0.29, 0.717) is 0 Å². The number of furan rings is 2. The molecule has 0 unspecified atom stereocenters. The molecule has 3 aromatic heterocycles. The zero-order valence-electron chi connectivity index (χ0n) is 29.7. The molecule has 0 amide bonds. The van der Waals surface area contributed by atoms with Crippen molar-refractivity contribution in [3.8, 4) is 39.3 Å². The Morgan fingerprint density at radius 3 is 1.64 bits per heavy atom. The first-order valence-corrected chi connectivity index (χ1v) is 18.8. The largest absolute Gasteiger partial charge is 0.455 e. The number of hydrogen-bond acceptors (Lipinski definition) is 2. The van der Waals surface area contributed by atoms with E-state index in [1.54, 1.807) is 0 Å². The fraction of sp³-hybridized carbons (Fsp3) is 0. The van der Waals surface area contributed by atoms with Gasteiger partial charge in [0.15, 0.2) is 0 Å². The monoisotopic (exact) mass is 701 g/mol. The third-order valence-corrected chi connectivity index (χ3v) is 11.4. The summed E-state index contributed by atoms with van der Waals surface area (Å²) >= 11 is 0. The normalized spacial score (nSPS) is 12.0. The van der Waals surface area contributed by atoms with Gasteiger partial charge in [0.25, 0.3) is 0 Å². The van der Waals surface area contributed by atoms with Crippen LogP contribution in [0.5, 0.6) is 0 Å². The van der Waals surface area contributed by atoms with Gasteiger partial charge >= 0.3 is 0 Å². The van der Waals surface area contributed by atoms with Crippen LogP contribution in [0.15, 0.2) is 197 Å². The molecule has 0 saturated carbocycles. The van der Waals surface area contributed by atoms with Crippen molar-refractivity contribution in [1.82, 2.24) is 4.57 Å². The van der Waals surface area contributed by atoms with Gasteiger partial charge in [0.05, 0.1) is 16.4 Å². The first kappa shape index (κ1) is 30.1. The van der Waals surface area contributed by atoms with Gasteiger partial charge in [-0.05, 0) is 75.1 Å². The lowest BCUT2D eigenvalue weighted by molar-refractivity contribution is 0.633. The molecule has 3 heterocycles. The van der Waals surface area contributed by atoms with Crippen molar-refractivity contribution in [1.29, 1.82) is 0 Å². The Bertz CT molecular complexity index is 3420. The summed E-state index contributed by atoms with van der Waals surface area (Å²) in [7, 11) is 0. The van der Waals surface area contributed by atoms with Gasteiger partial charge in [0.1, 0.15) is 22.5 Å². The molecule has 256 valence electrons. The molecule has 0 aliphatic heterocycles. The van der Waals surface area contributed by atoms with Crippen molar-refractivity contribution in [3.05, 3.63) is 188 Å². The lowest BCUT2D eigenvalue weighted by Gasteiger charge is -2.18. The van der Waals surface area contributed by atoms with Crippen molar-refractivity contribution in [2.24, 2.45) is 0 Å². The molecule has 0 spiro atoms. The second kappa shape index (κ2) is 11.6. The smallest absolute Gasteiger partial charge is 0.147 e. The van der Waals surface area contributed by atoms with E-state index in [1.165, 1.54) is 54.5 Å². The summed E-state index contributed by atoms with van der Waals surface area (Å²) in [5, 5.41) is 10.3. The molecule has 0 atom stereocenters. The Morgan fingerprint density at radius 1 is 0.364 bits per heavy atom. The van der Waals surface area contributed by atoms with E-state index < -0.39 is 0 Å². The number of benzene rings is 9. The molecule has 0 aliphatic carbocycles. The SMILES string of the molecule is c1ccc(-c2cc3cc(-c4c5ccccc5c(-c5cccc6c5c5ccccc5n6-c5ccccc5)c5ccccc45)c4oc5ccccc5c4c3o2)cc1. The molecule has 0 fully saturated rings. The van der Waals surface area contributed by atoms with Gasteiger partial charge in [-0.15, -0.1) is 0 Å². The predicted molar refractivity (Wildman–Crippen MR) is 229 cm³/mol. The first-order valence-electron chi connectivity index (χ1n) is 18.8. The molecule has 55 heavy (non-hydrogen) atoms. The minimum atomic E-state index is 0.832. The average Bonchev–Trinajstić information content (AvgIpc) is 3.95. The Balaban J connectivity index is 1.22. The van der Waals surface area contributed by atoms with Crippen LogP contribution in [0.4, 0.5) is 0 Å². The van der Waals surface area contributed by atoms with E-state index in [1.807, 2.05) is 12.1 Å². The maximum Gasteiger partial charge on any atom is 0.147 e. The van der Waals surface area contributed by atoms with Crippen LogP contribution in [-0.4, -0.2) is 4.57 Å². The van der Waals surface area contributed by atoms with Gasteiger partial charge in [0, 0.05) is 43.9 Å². The van der Waals surface area contributed by atoms with Crippen molar-refractivity contribution >= 4 is 76.3 Å². The van der Waals surface area contributed by atoms with Gasteiger partial charge in [-0.3, -0.25) is 0 Å². The number of aromatic nitrogens is 1. The van der Waals surface area contributed by atoms with Crippen molar-refractivity contribution in [2.75, 3.05) is 0 Å². The maximum atomic E-state index is 6.86. The second-order valence-electron chi connectivity index (χ2n) is 14.4. The zero-order valence-corrected chi connectivity index (χ0v) is 29.7. The van der Waals surface area contributed by atoms with Gasteiger partial charge in [-0.25, -0.2) is 0 Å². The molecular formula is C52H31NO2. The molecule has 12 aromatic rings. The van der Waals surface area contributed by atoms with Crippen molar-refractivity contribution in [3.63, 3.8) is 0 Å². The summed E-state index contributed by atoms with van der Waals surface area (Å²) in [5.74, 6) is 0.840. The minimum absolute atomic E-state index is 0.832. The number of rotatable bonds is 4. The van der Waals surface area contributed by atoms with Crippen molar-refractivity contribution < 1.29 is 8.83 Å². The van der Waals surface area contributed by atoms with E-state index in [0.717, 1.165) is 61.0 Å². The van der Waals surface area contributed by atoms with Crippen LogP contribution in [0, 0.1) is 0 Å². The number of para-hydroxylation sites is 3. The highest BCUT2D eigenvalue weighted by atomic mass is 16.3. The molecule has 3 nitrogen and oxygen atoms in total. The minimum Gasteiger partial charge on any atom is -0.455 e. The third-order valence-electron chi connectivity index (χ3n) is 11.4. The van der Waals surface area contributed by atoms with Crippen LogP contribution in [0.1, 0.15) is 0 Å². The fourth-order valence-electron chi connectivity index (χ4n) is 9.11. The average molecular weight is 702 g/mol. The van der Waals surface area contributed by atoms with Gasteiger partial charge in [0.2, 0.25) is 0 Å². The summed E-state index contributed by atoms with van der Waals surface area (Å²) in [6, 6.07) is 67.1. The lowest BCUT2D eigenvalue weighted by atomic mass is 9.84. The van der Waals surface area contributed by atoms with Crippen LogP contribution in [-0.2, 0) is 0 Å². The summed E-state index contributed by atoms with van der Waals surface area (Å²) in [5.41, 5.74) is 11.7. The third kappa shape index (κ3) is 4.32. The molecule has 0 bridgehead atoms. The van der Waals surface area contributed by atoms with Gasteiger partial charge in [-0.1, -0.05) is 146 Å². The standard InChI is InChI=1S/C52H31NO2/c1-3-16-32(17-4-1)46-31-33-30-42(52-50(51(33)55-46)40-25-12-14-29-45(40)54-52)48-37-22-9-7-20-35(37)47(36-21-8-10-23-38(36)48)41-26-15-28-44-49(41)39-24-11-13-27-43(39)53(44)34-18-5-2-6-19-34/h1-31H. The summed E-state index contributed by atoms with van der Waals surface area (Å²) < 4.78 is 16.0. The number of hydrogen-bond donors (Lipinski definition) is 0. The maximum absolute atomic E-state index is 6.86. The Kier molecular flexibility index (Phi) is 6.34. The molecule has 12 rings (SSSR count). The van der Waals surface area contributed by atoms with E-state index in [4.69, 9.17) is 8.83 Å². The van der Waals surface area contributed by atoms with E-state index in [-0.39, 0.29) is 0 Å². The Morgan fingerprint density at radius 2 is 0.927 bits per heavy atom. The quantitative estimate of drug-likeness (QED) is 0.171. The molecule has 9 aromatic carbocycles. The predicted octanol–water partition coefficient (Wildman–Crippen LogP) is 14.7. The fourth-order valence-corrected chi connectivity index (χ4v) is 9.11. The zero-order chi connectivity index (χ0) is 36.0. The topological polar surface area (TPSA) is 31.2 Å². The molecule has 3 heteroatoms. The van der Waals surface area contributed by atoms with Crippen LogP contribution in [0.2, 0.25) is 0 Å². The molecule has 0 N–H and O–H groups in total. The highest BCUT2D eigenvalue weighted by molar-refractivity contribution is 6.30. The number of nitrogens with zero attached hydrogens (tertiary/aromatic N) is 1. The van der Waals surface area contributed by atoms with Crippen molar-refractivity contribution in [2.45, 2.75) is 0 Å². The Hall–Kier alpha value is -7.36. The van der Waals surface area contributed by atoms with E-state index in [2.05, 4.69) is 180 Å². The summed E-state index contributed by atoms with van der Waals surface area (Å²) in [6.45, 7) is 0. The lowest BCUT2D eigenvalue weighted by Crippen LogP contribution is -1.94. The van der Waals surface area contributed by atoms with Crippen LogP contribution < -0.4 is 0 Å². The number of fused-ring (bicyclic) bond motifs is 10. The van der Waals surface area contributed by atoms with E-state index in [9.17, 15) is 0 Å². The molecular weight excluding hydrogens is 671 g/mol. The molecule has 0 radical (unpaired) electrons. The summed E-state index contributed by atoms with van der Waals surface area (Å²) in [4.78, 5) is 0. The highest BCUT2D eigenvalue weighted by Crippen LogP contribution is 2.50. The first-order chi connectivity index (χ1) is 27.3. The van der Waals surface area contributed by atoms with Crippen LogP contribution in [0.25, 0.3) is 116 Å².